The average molecular weight is 180 g/mol. The van der Waals surface area contributed by atoms with Crippen molar-refractivity contribution in [2.24, 2.45) is 5.73 Å². The summed E-state index contributed by atoms with van der Waals surface area (Å²) in [5.41, 5.74) is 5.00. The fourth-order valence-electron chi connectivity index (χ4n) is 0.955. The van der Waals surface area contributed by atoms with Crippen LogP contribution >= 0.6 is 0 Å². The Hall–Kier alpha value is -1.42. The van der Waals surface area contributed by atoms with E-state index < -0.39 is 11.5 Å². The van der Waals surface area contributed by atoms with Gasteiger partial charge in [-0.1, -0.05) is 6.07 Å². The first-order valence-electron chi connectivity index (χ1n) is 3.94. The van der Waals surface area contributed by atoms with Gasteiger partial charge in [-0.05, 0) is 19.1 Å². The smallest absolute Gasteiger partial charge is 0.323 e. The molecule has 1 aromatic heterocycles. The average Bonchev–Trinajstić information content (AvgIpc) is 2.05. The molecule has 0 aliphatic heterocycles. The predicted molar refractivity (Wildman–Crippen MR) is 48.2 cm³/mol. The molecule has 0 bridgehead atoms. The van der Waals surface area contributed by atoms with Crippen molar-refractivity contribution in [1.29, 1.82) is 0 Å². The molecular formula is C9H12N2O2. The summed E-state index contributed by atoms with van der Waals surface area (Å²) in [6, 6.07) is 5.34. The molecule has 0 saturated carbocycles. The maximum atomic E-state index is 10.7. The highest BCUT2D eigenvalue weighted by Gasteiger charge is 2.28. The summed E-state index contributed by atoms with van der Waals surface area (Å²) < 4.78 is 0. The molecule has 3 N–H and O–H groups in total. The number of rotatable bonds is 3. The topological polar surface area (TPSA) is 76.2 Å². The molecule has 0 saturated heterocycles. The molecule has 4 nitrogen and oxygen atoms in total. The zero-order chi connectivity index (χ0) is 9.90. The first-order valence-corrected chi connectivity index (χ1v) is 3.94. The molecule has 13 heavy (non-hydrogen) atoms. The molecule has 1 rings (SSSR count). The van der Waals surface area contributed by atoms with Crippen molar-refractivity contribution in [3.05, 3.63) is 30.1 Å². The summed E-state index contributed by atoms with van der Waals surface area (Å²) in [5.74, 6) is -1.02. The summed E-state index contributed by atoms with van der Waals surface area (Å²) in [4.78, 5) is 14.7. The van der Waals surface area contributed by atoms with Crippen molar-refractivity contribution in [3.63, 3.8) is 0 Å². The predicted octanol–water partition coefficient (Wildman–Crippen LogP) is 0.426. The van der Waals surface area contributed by atoms with E-state index in [1.54, 1.807) is 24.4 Å². The van der Waals surface area contributed by atoms with Gasteiger partial charge in [0.05, 0.1) is 0 Å². The Labute approximate surface area is 76.4 Å². The number of carbonyl (C=O) groups is 1. The fraction of sp³-hybridized carbons (Fsp3) is 0.333. The van der Waals surface area contributed by atoms with Crippen molar-refractivity contribution in [2.45, 2.75) is 18.9 Å². The van der Waals surface area contributed by atoms with Crippen molar-refractivity contribution in [3.8, 4) is 0 Å². The van der Waals surface area contributed by atoms with Gasteiger partial charge in [0.15, 0.2) is 0 Å². The Morgan fingerprint density at radius 2 is 2.38 bits per heavy atom. The zero-order valence-corrected chi connectivity index (χ0v) is 7.40. The lowest BCUT2D eigenvalue weighted by molar-refractivity contribution is -0.142. The van der Waals surface area contributed by atoms with E-state index in [0.29, 0.717) is 5.69 Å². The monoisotopic (exact) mass is 180 g/mol. The molecule has 1 unspecified atom stereocenters. The number of aliphatic carboxylic acids is 1. The summed E-state index contributed by atoms with van der Waals surface area (Å²) >= 11 is 0. The SMILES string of the molecule is CC(N)(Cc1ccccn1)C(=O)O. The number of pyridine rings is 1. The van der Waals surface area contributed by atoms with Crippen molar-refractivity contribution >= 4 is 5.97 Å². The van der Waals surface area contributed by atoms with E-state index in [1.165, 1.54) is 6.92 Å². The van der Waals surface area contributed by atoms with Crippen LogP contribution in [-0.4, -0.2) is 21.6 Å². The van der Waals surface area contributed by atoms with Gasteiger partial charge < -0.3 is 10.8 Å². The third-order valence-corrected chi connectivity index (χ3v) is 1.76. The number of hydrogen-bond donors (Lipinski definition) is 2. The van der Waals surface area contributed by atoms with E-state index in [2.05, 4.69) is 4.98 Å². The quantitative estimate of drug-likeness (QED) is 0.707. The lowest BCUT2D eigenvalue weighted by Crippen LogP contribution is -2.46. The lowest BCUT2D eigenvalue weighted by Gasteiger charge is -2.17. The van der Waals surface area contributed by atoms with Crippen LogP contribution in [0, 0.1) is 0 Å². The fourth-order valence-corrected chi connectivity index (χ4v) is 0.955. The Morgan fingerprint density at radius 1 is 1.69 bits per heavy atom. The number of nitrogens with zero attached hydrogens (tertiary/aromatic N) is 1. The van der Waals surface area contributed by atoms with Crippen LogP contribution < -0.4 is 5.73 Å². The van der Waals surface area contributed by atoms with Gasteiger partial charge in [-0.3, -0.25) is 9.78 Å². The highest BCUT2D eigenvalue weighted by Crippen LogP contribution is 2.07. The molecule has 1 atom stereocenters. The van der Waals surface area contributed by atoms with E-state index in [9.17, 15) is 4.79 Å². The maximum Gasteiger partial charge on any atom is 0.323 e. The maximum absolute atomic E-state index is 10.7. The Bertz CT molecular complexity index is 296. The van der Waals surface area contributed by atoms with Gasteiger partial charge >= 0.3 is 5.97 Å². The van der Waals surface area contributed by atoms with Gasteiger partial charge in [0.2, 0.25) is 0 Å². The second-order valence-electron chi connectivity index (χ2n) is 3.22. The van der Waals surface area contributed by atoms with Crippen LogP contribution in [0.2, 0.25) is 0 Å². The first-order chi connectivity index (χ1) is 6.02. The third-order valence-electron chi connectivity index (χ3n) is 1.76. The van der Waals surface area contributed by atoms with E-state index in [1.807, 2.05) is 0 Å². The molecule has 0 radical (unpaired) electrons. The Balaban J connectivity index is 2.75. The number of carboxylic acids is 1. The third kappa shape index (κ3) is 2.52. The van der Waals surface area contributed by atoms with E-state index in [4.69, 9.17) is 10.8 Å². The molecule has 0 fully saturated rings. The van der Waals surface area contributed by atoms with Crippen molar-refractivity contribution in [2.75, 3.05) is 0 Å². The molecule has 1 heterocycles. The van der Waals surface area contributed by atoms with Crippen LogP contribution in [0.4, 0.5) is 0 Å². The van der Waals surface area contributed by atoms with Gasteiger partial charge in [-0.25, -0.2) is 0 Å². The molecule has 70 valence electrons. The number of hydrogen-bond acceptors (Lipinski definition) is 3. The minimum absolute atomic E-state index is 0.239. The van der Waals surface area contributed by atoms with Crippen molar-refractivity contribution < 1.29 is 9.90 Å². The minimum atomic E-state index is -1.24. The molecule has 1 aromatic rings. The van der Waals surface area contributed by atoms with Crippen molar-refractivity contribution in [1.82, 2.24) is 4.98 Å². The zero-order valence-electron chi connectivity index (χ0n) is 7.40. The van der Waals surface area contributed by atoms with Gasteiger partial charge in [-0.15, -0.1) is 0 Å². The number of aromatic nitrogens is 1. The lowest BCUT2D eigenvalue weighted by atomic mass is 9.97. The molecule has 0 aliphatic carbocycles. The van der Waals surface area contributed by atoms with Crippen LogP contribution in [0.15, 0.2) is 24.4 Å². The van der Waals surface area contributed by atoms with Crippen LogP contribution in [-0.2, 0) is 11.2 Å². The van der Waals surface area contributed by atoms with Gasteiger partial charge in [0.1, 0.15) is 5.54 Å². The highest BCUT2D eigenvalue weighted by molar-refractivity contribution is 5.78. The molecule has 0 aromatic carbocycles. The second kappa shape index (κ2) is 3.53. The van der Waals surface area contributed by atoms with E-state index in [0.717, 1.165) is 0 Å². The minimum Gasteiger partial charge on any atom is -0.480 e. The van der Waals surface area contributed by atoms with Crippen LogP contribution in [0.5, 0.6) is 0 Å². The van der Waals surface area contributed by atoms with E-state index >= 15 is 0 Å². The molecular weight excluding hydrogens is 168 g/mol. The van der Waals surface area contributed by atoms with E-state index in [-0.39, 0.29) is 6.42 Å². The summed E-state index contributed by atoms with van der Waals surface area (Å²) in [7, 11) is 0. The van der Waals surface area contributed by atoms with Gasteiger partial charge in [-0.2, -0.15) is 0 Å². The second-order valence-corrected chi connectivity index (χ2v) is 3.22. The van der Waals surface area contributed by atoms with Crippen LogP contribution in [0.3, 0.4) is 0 Å². The summed E-state index contributed by atoms with van der Waals surface area (Å²) in [5, 5.41) is 8.75. The number of nitrogens with two attached hydrogens (primary N) is 1. The largest absolute Gasteiger partial charge is 0.480 e. The number of carboxylic acid groups (broad SMARTS) is 1. The highest BCUT2D eigenvalue weighted by atomic mass is 16.4. The van der Waals surface area contributed by atoms with Crippen LogP contribution in [0.1, 0.15) is 12.6 Å². The van der Waals surface area contributed by atoms with Gasteiger partial charge in [0, 0.05) is 18.3 Å². The summed E-state index contributed by atoms with van der Waals surface area (Å²) in [6.45, 7) is 1.48. The Kier molecular flexibility index (Phi) is 2.63. The van der Waals surface area contributed by atoms with Crippen LogP contribution in [0.25, 0.3) is 0 Å². The first kappa shape index (κ1) is 9.67. The van der Waals surface area contributed by atoms with Gasteiger partial charge in [0.25, 0.3) is 0 Å². The molecule has 4 heteroatoms. The standard InChI is InChI=1S/C9H12N2O2/c1-9(10,8(12)13)6-7-4-2-3-5-11-7/h2-5H,6,10H2,1H3,(H,12,13). The summed E-state index contributed by atoms with van der Waals surface area (Å²) in [6.07, 6.45) is 1.86. The normalized spacial score (nSPS) is 14.9. The Morgan fingerprint density at radius 3 is 2.85 bits per heavy atom. The molecule has 0 aliphatic rings. The molecule has 0 spiro atoms. The molecule has 0 amide bonds.